The van der Waals surface area contributed by atoms with E-state index in [1.165, 1.54) is 0 Å². The van der Waals surface area contributed by atoms with Crippen LogP contribution in [0.1, 0.15) is 19.3 Å². The Balaban J connectivity index is 1.84. The number of nitrogens with one attached hydrogen (secondary N) is 1. The molecule has 19 heavy (non-hydrogen) atoms. The Bertz CT molecular complexity index is 508. The van der Waals surface area contributed by atoms with Gasteiger partial charge in [0.05, 0.1) is 21.8 Å². The van der Waals surface area contributed by atoms with E-state index in [0.717, 1.165) is 19.3 Å². The number of benzene rings is 1. The van der Waals surface area contributed by atoms with Crippen LogP contribution in [0.2, 0.25) is 15.1 Å². The first-order valence-corrected chi connectivity index (χ1v) is 7.41. The maximum Gasteiger partial charge on any atom is 0.244 e. The zero-order valence-electron chi connectivity index (χ0n) is 10.1. The fourth-order valence-electron chi connectivity index (χ4n) is 2.38. The van der Waals surface area contributed by atoms with Crippen molar-refractivity contribution in [1.29, 1.82) is 0 Å². The zero-order chi connectivity index (χ0) is 13.6. The van der Waals surface area contributed by atoms with E-state index < -0.39 is 0 Å². The monoisotopic (exact) mass is 318 g/mol. The Morgan fingerprint density at radius 1 is 1.11 bits per heavy atom. The number of carbonyl (C=O) groups excluding carboxylic acids is 1. The number of halogens is 3. The van der Waals surface area contributed by atoms with E-state index in [4.69, 9.17) is 34.8 Å². The van der Waals surface area contributed by atoms with Gasteiger partial charge in [0, 0.05) is 17.6 Å². The second kappa shape index (κ2) is 5.13. The Labute approximate surface area is 126 Å². The lowest BCUT2D eigenvalue weighted by atomic mass is 10.2. The van der Waals surface area contributed by atoms with E-state index >= 15 is 0 Å². The summed E-state index contributed by atoms with van der Waals surface area (Å²) in [5, 5.41) is 4.65. The standard InChI is InChI=1S/C13H13Cl3N2O/c14-7-5-9(15)12(10(16)6-7)18-4-3-11(13(18)19)17-8-1-2-8/h5-6,8,11,17H,1-4H2. The van der Waals surface area contributed by atoms with Crippen LogP contribution >= 0.6 is 34.8 Å². The first-order chi connectivity index (χ1) is 9.06. The predicted molar refractivity (Wildman–Crippen MR) is 78.4 cm³/mol. The average Bonchev–Trinajstić information content (AvgIpc) is 3.07. The molecule has 2 aliphatic rings. The molecule has 1 unspecified atom stereocenters. The molecule has 3 rings (SSSR count). The minimum atomic E-state index is -0.115. The molecule has 0 bridgehead atoms. The molecule has 1 N–H and O–H groups in total. The van der Waals surface area contributed by atoms with Gasteiger partial charge in [-0.1, -0.05) is 34.8 Å². The molecule has 0 radical (unpaired) electrons. The van der Waals surface area contributed by atoms with Crippen LogP contribution in [0.5, 0.6) is 0 Å². The number of carbonyl (C=O) groups is 1. The molecule has 1 atom stereocenters. The van der Waals surface area contributed by atoms with Gasteiger partial charge in [-0.05, 0) is 31.4 Å². The fourth-order valence-corrected chi connectivity index (χ4v) is 3.40. The summed E-state index contributed by atoms with van der Waals surface area (Å²) in [6, 6.07) is 3.61. The highest BCUT2D eigenvalue weighted by Crippen LogP contribution is 2.38. The van der Waals surface area contributed by atoms with E-state index in [-0.39, 0.29) is 11.9 Å². The number of anilines is 1. The van der Waals surface area contributed by atoms with Crippen LogP contribution in [0.15, 0.2) is 12.1 Å². The largest absolute Gasteiger partial charge is 0.308 e. The van der Waals surface area contributed by atoms with Crippen LogP contribution in [-0.2, 0) is 4.79 Å². The van der Waals surface area contributed by atoms with Gasteiger partial charge in [0.15, 0.2) is 0 Å². The minimum Gasteiger partial charge on any atom is -0.308 e. The summed E-state index contributed by atoms with van der Waals surface area (Å²) < 4.78 is 0. The summed E-state index contributed by atoms with van der Waals surface area (Å²) in [7, 11) is 0. The lowest BCUT2D eigenvalue weighted by Gasteiger charge is -2.20. The van der Waals surface area contributed by atoms with E-state index in [0.29, 0.717) is 33.3 Å². The van der Waals surface area contributed by atoms with Crippen molar-refractivity contribution in [1.82, 2.24) is 5.32 Å². The third-order valence-electron chi connectivity index (χ3n) is 3.47. The summed E-state index contributed by atoms with van der Waals surface area (Å²) in [4.78, 5) is 14.0. The molecule has 1 aromatic carbocycles. The van der Waals surface area contributed by atoms with Crippen molar-refractivity contribution in [2.45, 2.75) is 31.3 Å². The molecule has 1 aliphatic heterocycles. The molecule has 1 amide bonds. The topological polar surface area (TPSA) is 32.3 Å². The van der Waals surface area contributed by atoms with Gasteiger partial charge < -0.3 is 10.2 Å². The molecular formula is C13H13Cl3N2O. The molecule has 3 nitrogen and oxygen atoms in total. The van der Waals surface area contributed by atoms with Crippen LogP contribution in [-0.4, -0.2) is 24.5 Å². The van der Waals surface area contributed by atoms with Crippen LogP contribution in [0.3, 0.4) is 0 Å². The molecule has 2 fully saturated rings. The number of amides is 1. The van der Waals surface area contributed by atoms with Crippen molar-refractivity contribution in [2.24, 2.45) is 0 Å². The van der Waals surface area contributed by atoms with E-state index in [1.54, 1.807) is 17.0 Å². The molecule has 1 saturated carbocycles. The predicted octanol–water partition coefficient (Wildman–Crippen LogP) is 3.50. The Morgan fingerprint density at radius 3 is 2.32 bits per heavy atom. The molecule has 1 heterocycles. The molecule has 0 spiro atoms. The lowest BCUT2D eigenvalue weighted by molar-refractivity contribution is -0.118. The van der Waals surface area contributed by atoms with Crippen molar-refractivity contribution in [3.8, 4) is 0 Å². The van der Waals surface area contributed by atoms with Crippen molar-refractivity contribution in [3.05, 3.63) is 27.2 Å². The third kappa shape index (κ3) is 2.70. The second-order valence-corrected chi connectivity index (χ2v) is 6.24. The number of nitrogens with zero attached hydrogens (tertiary/aromatic N) is 1. The van der Waals surface area contributed by atoms with Gasteiger partial charge in [-0.3, -0.25) is 4.79 Å². The Morgan fingerprint density at radius 2 is 1.74 bits per heavy atom. The molecule has 6 heteroatoms. The van der Waals surface area contributed by atoms with Gasteiger partial charge in [-0.2, -0.15) is 0 Å². The Hall–Kier alpha value is -0.480. The zero-order valence-corrected chi connectivity index (χ0v) is 12.4. The first kappa shape index (κ1) is 13.5. The highest BCUT2D eigenvalue weighted by molar-refractivity contribution is 6.42. The normalized spacial score (nSPS) is 23.2. The van der Waals surface area contributed by atoms with E-state index in [9.17, 15) is 4.79 Å². The SMILES string of the molecule is O=C1C(NC2CC2)CCN1c1c(Cl)cc(Cl)cc1Cl. The fraction of sp³-hybridized carbons (Fsp3) is 0.462. The van der Waals surface area contributed by atoms with E-state index in [2.05, 4.69) is 5.32 Å². The van der Waals surface area contributed by atoms with Gasteiger partial charge in [-0.25, -0.2) is 0 Å². The number of hydrogen-bond acceptors (Lipinski definition) is 2. The van der Waals surface area contributed by atoms with Crippen LogP contribution in [0.25, 0.3) is 0 Å². The second-order valence-electron chi connectivity index (χ2n) is 4.99. The van der Waals surface area contributed by atoms with Crippen molar-refractivity contribution >= 4 is 46.4 Å². The van der Waals surface area contributed by atoms with Crippen LogP contribution < -0.4 is 10.2 Å². The molecular weight excluding hydrogens is 307 g/mol. The quantitative estimate of drug-likeness (QED) is 0.925. The van der Waals surface area contributed by atoms with Gasteiger partial charge in [0.1, 0.15) is 0 Å². The van der Waals surface area contributed by atoms with Gasteiger partial charge >= 0.3 is 0 Å². The number of hydrogen-bond donors (Lipinski definition) is 1. The Kier molecular flexibility index (Phi) is 3.65. The summed E-state index contributed by atoms with van der Waals surface area (Å²) in [5.41, 5.74) is 0.567. The maximum atomic E-state index is 12.4. The molecule has 0 aromatic heterocycles. The minimum absolute atomic E-state index is 0.0398. The molecule has 1 aliphatic carbocycles. The number of rotatable bonds is 3. The maximum absolute atomic E-state index is 12.4. The summed E-state index contributed by atoms with van der Waals surface area (Å²) >= 11 is 18.2. The average molecular weight is 320 g/mol. The highest BCUT2D eigenvalue weighted by atomic mass is 35.5. The summed E-state index contributed by atoms with van der Waals surface area (Å²) in [6.07, 6.45) is 3.10. The lowest BCUT2D eigenvalue weighted by Crippen LogP contribution is -2.39. The van der Waals surface area contributed by atoms with Crippen LogP contribution in [0, 0.1) is 0 Å². The summed E-state index contributed by atoms with van der Waals surface area (Å²) in [5.74, 6) is 0.0398. The highest BCUT2D eigenvalue weighted by Gasteiger charge is 2.37. The smallest absolute Gasteiger partial charge is 0.244 e. The van der Waals surface area contributed by atoms with Crippen molar-refractivity contribution < 1.29 is 4.79 Å². The first-order valence-electron chi connectivity index (χ1n) is 6.28. The van der Waals surface area contributed by atoms with Crippen molar-refractivity contribution in [2.75, 3.05) is 11.4 Å². The third-order valence-corrected chi connectivity index (χ3v) is 4.27. The summed E-state index contributed by atoms with van der Waals surface area (Å²) in [6.45, 7) is 0.629. The van der Waals surface area contributed by atoms with Crippen LogP contribution in [0.4, 0.5) is 5.69 Å². The van der Waals surface area contributed by atoms with Crippen molar-refractivity contribution in [3.63, 3.8) is 0 Å². The molecule has 102 valence electrons. The van der Waals surface area contributed by atoms with Gasteiger partial charge in [0.2, 0.25) is 5.91 Å². The van der Waals surface area contributed by atoms with Gasteiger partial charge in [-0.15, -0.1) is 0 Å². The van der Waals surface area contributed by atoms with Gasteiger partial charge in [0.25, 0.3) is 0 Å². The molecule has 1 aromatic rings. The van der Waals surface area contributed by atoms with E-state index in [1.807, 2.05) is 0 Å². The molecule has 1 saturated heterocycles.